The quantitative estimate of drug-likeness (QED) is 0.564. The van der Waals surface area contributed by atoms with Crippen LogP contribution >= 0.6 is 0 Å². The molecule has 1 unspecified atom stereocenters. The van der Waals surface area contributed by atoms with Gasteiger partial charge in [-0.1, -0.05) is 73.7 Å². The van der Waals surface area contributed by atoms with Gasteiger partial charge >= 0.3 is 0 Å². The highest BCUT2D eigenvalue weighted by Gasteiger charge is 2.08. The molecule has 3 aromatic rings. The Hall–Kier alpha value is -2.94. The van der Waals surface area contributed by atoms with E-state index < -0.39 is 0 Å². The Morgan fingerprint density at radius 1 is 0.957 bits per heavy atom. The molecule has 0 aromatic heterocycles. The van der Waals surface area contributed by atoms with E-state index in [1.54, 1.807) is 6.21 Å². The number of benzene rings is 3. The van der Waals surface area contributed by atoms with Crippen LogP contribution in [0.15, 0.2) is 77.9 Å². The van der Waals surface area contributed by atoms with Gasteiger partial charge in [0.1, 0.15) is 0 Å². The lowest BCUT2D eigenvalue weighted by molar-refractivity contribution is 0.0956. The van der Waals surface area contributed by atoms with Crippen molar-refractivity contribution in [2.45, 2.75) is 12.8 Å². The average Bonchev–Trinajstić information content (AvgIpc) is 2.61. The van der Waals surface area contributed by atoms with Crippen LogP contribution in [-0.4, -0.2) is 12.1 Å². The number of nitrogens with zero attached hydrogens (tertiary/aromatic N) is 1. The molecule has 3 aromatic carbocycles. The summed E-state index contributed by atoms with van der Waals surface area (Å²) in [4.78, 5) is 12.4. The number of hydrogen-bond acceptors (Lipinski definition) is 2. The second-order valence-corrected chi connectivity index (χ2v) is 5.45. The van der Waals surface area contributed by atoms with E-state index in [2.05, 4.69) is 10.5 Å². The Bertz CT molecular complexity index is 835. The van der Waals surface area contributed by atoms with Gasteiger partial charge in [-0.05, 0) is 22.4 Å². The molecular weight excluding hydrogens is 284 g/mol. The molecular formula is C20H18N2O. The maximum atomic E-state index is 12.4. The van der Waals surface area contributed by atoms with E-state index in [1.165, 1.54) is 0 Å². The lowest BCUT2D eigenvalue weighted by Crippen LogP contribution is -2.18. The maximum absolute atomic E-state index is 12.4. The van der Waals surface area contributed by atoms with Crippen LogP contribution in [0.1, 0.15) is 28.8 Å². The van der Waals surface area contributed by atoms with Crippen molar-refractivity contribution >= 4 is 22.9 Å². The fourth-order valence-corrected chi connectivity index (χ4v) is 2.53. The molecule has 0 aliphatic heterocycles. The number of hydrogen-bond donors (Lipinski definition) is 1. The number of carbonyl (C=O) groups is 1. The molecule has 3 rings (SSSR count). The zero-order valence-electron chi connectivity index (χ0n) is 12.9. The molecule has 0 saturated heterocycles. The van der Waals surface area contributed by atoms with Crippen LogP contribution in [0.2, 0.25) is 0 Å². The monoisotopic (exact) mass is 302 g/mol. The van der Waals surface area contributed by atoms with Gasteiger partial charge in [0, 0.05) is 17.7 Å². The Kier molecular flexibility index (Phi) is 4.48. The Morgan fingerprint density at radius 3 is 2.48 bits per heavy atom. The lowest BCUT2D eigenvalue weighted by atomic mass is 10.0. The van der Waals surface area contributed by atoms with Crippen molar-refractivity contribution in [3.8, 4) is 0 Å². The van der Waals surface area contributed by atoms with Gasteiger partial charge in [0.2, 0.25) is 0 Å². The molecule has 0 aliphatic rings. The van der Waals surface area contributed by atoms with E-state index in [-0.39, 0.29) is 11.8 Å². The molecule has 0 fully saturated rings. The van der Waals surface area contributed by atoms with Gasteiger partial charge < -0.3 is 0 Å². The Labute approximate surface area is 135 Å². The molecule has 23 heavy (non-hydrogen) atoms. The first-order valence-corrected chi connectivity index (χ1v) is 7.62. The number of rotatable bonds is 4. The van der Waals surface area contributed by atoms with Crippen molar-refractivity contribution in [1.82, 2.24) is 5.43 Å². The summed E-state index contributed by atoms with van der Waals surface area (Å²) in [6, 6.07) is 23.6. The first kappa shape index (κ1) is 15.0. The van der Waals surface area contributed by atoms with E-state index >= 15 is 0 Å². The molecule has 3 heteroatoms. The predicted molar refractivity (Wildman–Crippen MR) is 94.8 cm³/mol. The van der Waals surface area contributed by atoms with Crippen LogP contribution in [-0.2, 0) is 0 Å². The zero-order chi connectivity index (χ0) is 16.1. The Morgan fingerprint density at radius 2 is 1.65 bits per heavy atom. The van der Waals surface area contributed by atoms with Crippen LogP contribution in [0.3, 0.4) is 0 Å². The van der Waals surface area contributed by atoms with Crippen molar-refractivity contribution < 1.29 is 4.79 Å². The average molecular weight is 302 g/mol. The summed E-state index contributed by atoms with van der Waals surface area (Å²) in [5.41, 5.74) is 4.42. The highest BCUT2D eigenvalue weighted by atomic mass is 16.2. The maximum Gasteiger partial charge on any atom is 0.271 e. The highest BCUT2D eigenvalue weighted by molar-refractivity contribution is 6.07. The summed E-state index contributed by atoms with van der Waals surface area (Å²) in [6.07, 6.45) is 1.75. The second kappa shape index (κ2) is 6.88. The van der Waals surface area contributed by atoms with E-state index in [9.17, 15) is 4.79 Å². The highest BCUT2D eigenvalue weighted by Crippen LogP contribution is 2.18. The van der Waals surface area contributed by atoms with Gasteiger partial charge in [-0.3, -0.25) is 4.79 Å². The van der Waals surface area contributed by atoms with Crippen LogP contribution in [0, 0.1) is 0 Å². The summed E-state index contributed by atoms with van der Waals surface area (Å²) in [5.74, 6) is -0.0534. The summed E-state index contributed by atoms with van der Waals surface area (Å²) in [5, 5.41) is 6.08. The molecule has 0 saturated carbocycles. The summed E-state index contributed by atoms with van der Waals surface area (Å²) in [6.45, 7) is 2.04. The molecule has 0 radical (unpaired) electrons. The van der Waals surface area contributed by atoms with Crippen LogP contribution in [0.4, 0.5) is 0 Å². The standard InChI is InChI=1S/C20H18N2O/c1-15(16-8-3-2-4-9-16)14-21-22-20(23)19-13-7-11-17-10-5-6-12-18(17)19/h2-15H,1H3,(H,22,23)/b21-14+. The lowest BCUT2D eigenvalue weighted by Gasteiger charge is -2.07. The molecule has 1 N–H and O–H groups in total. The van der Waals surface area contributed by atoms with Crippen LogP contribution in [0.25, 0.3) is 10.8 Å². The van der Waals surface area contributed by atoms with E-state index in [1.807, 2.05) is 79.7 Å². The van der Waals surface area contributed by atoms with Crippen molar-refractivity contribution in [1.29, 1.82) is 0 Å². The molecule has 1 atom stereocenters. The smallest absolute Gasteiger partial charge is 0.267 e. The van der Waals surface area contributed by atoms with E-state index in [4.69, 9.17) is 0 Å². The summed E-state index contributed by atoms with van der Waals surface area (Å²) in [7, 11) is 0. The SMILES string of the molecule is CC(/C=N/NC(=O)c1cccc2ccccc12)c1ccccc1. The summed E-state index contributed by atoms with van der Waals surface area (Å²) < 4.78 is 0. The minimum absolute atomic E-state index is 0.143. The third kappa shape index (κ3) is 3.46. The van der Waals surface area contributed by atoms with Gasteiger partial charge in [0.05, 0.1) is 0 Å². The van der Waals surface area contributed by atoms with Gasteiger partial charge in [-0.25, -0.2) is 5.43 Å². The Balaban J connectivity index is 1.73. The molecule has 3 nitrogen and oxygen atoms in total. The van der Waals surface area contributed by atoms with Crippen LogP contribution < -0.4 is 5.43 Å². The topological polar surface area (TPSA) is 41.5 Å². The third-order valence-corrected chi connectivity index (χ3v) is 3.82. The fraction of sp³-hybridized carbons (Fsp3) is 0.100. The number of amides is 1. The number of nitrogens with one attached hydrogen (secondary N) is 1. The number of hydrazone groups is 1. The fourth-order valence-electron chi connectivity index (χ4n) is 2.53. The predicted octanol–water partition coefficient (Wildman–Crippen LogP) is 4.36. The van der Waals surface area contributed by atoms with Crippen molar-refractivity contribution in [3.05, 3.63) is 83.9 Å². The summed E-state index contributed by atoms with van der Waals surface area (Å²) >= 11 is 0. The molecule has 0 heterocycles. The van der Waals surface area contributed by atoms with E-state index in [0.29, 0.717) is 5.56 Å². The normalized spacial score (nSPS) is 12.4. The molecule has 114 valence electrons. The van der Waals surface area contributed by atoms with E-state index in [0.717, 1.165) is 16.3 Å². The van der Waals surface area contributed by atoms with Crippen molar-refractivity contribution in [3.63, 3.8) is 0 Å². The van der Waals surface area contributed by atoms with Crippen LogP contribution in [0.5, 0.6) is 0 Å². The van der Waals surface area contributed by atoms with Crippen molar-refractivity contribution in [2.75, 3.05) is 0 Å². The number of carbonyl (C=O) groups excluding carboxylic acids is 1. The molecule has 1 amide bonds. The van der Waals surface area contributed by atoms with Crippen molar-refractivity contribution in [2.24, 2.45) is 5.10 Å². The molecule has 0 spiro atoms. The third-order valence-electron chi connectivity index (χ3n) is 3.82. The zero-order valence-corrected chi connectivity index (χ0v) is 12.9. The largest absolute Gasteiger partial charge is 0.271 e. The molecule has 0 aliphatic carbocycles. The minimum atomic E-state index is -0.196. The first-order valence-electron chi connectivity index (χ1n) is 7.62. The second-order valence-electron chi connectivity index (χ2n) is 5.45. The number of fused-ring (bicyclic) bond motifs is 1. The van der Waals surface area contributed by atoms with Gasteiger partial charge in [-0.15, -0.1) is 0 Å². The van der Waals surface area contributed by atoms with Gasteiger partial charge in [0.25, 0.3) is 5.91 Å². The van der Waals surface area contributed by atoms with Gasteiger partial charge in [0.15, 0.2) is 0 Å². The van der Waals surface area contributed by atoms with Gasteiger partial charge in [-0.2, -0.15) is 5.10 Å². The first-order chi connectivity index (χ1) is 11.3. The molecule has 0 bridgehead atoms. The minimum Gasteiger partial charge on any atom is -0.267 e.